The van der Waals surface area contributed by atoms with Crippen molar-refractivity contribution in [3.8, 4) is 5.75 Å². The lowest BCUT2D eigenvalue weighted by Crippen LogP contribution is -2.35. The third-order valence-electron chi connectivity index (χ3n) is 5.19. The van der Waals surface area contributed by atoms with Gasteiger partial charge in [-0.25, -0.2) is 9.88 Å². The number of H-pyrrole nitrogens is 1. The number of esters is 1. The normalized spacial score (nSPS) is 21.1. The predicted octanol–water partition coefficient (Wildman–Crippen LogP) is 2.41. The van der Waals surface area contributed by atoms with Crippen molar-refractivity contribution in [3.63, 3.8) is 0 Å². The molecular formula is C23H32N3O9PS. The van der Waals surface area contributed by atoms with Crippen molar-refractivity contribution in [2.24, 2.45) is 5.92 Å². The number of carboxylic acids is 1. The summed E-state index contributed by atoms with van der Waals surface area (Å²) >= 11 is 5.65. The van der Waals surface area contributed by atoms with Crippen LogP contribution in [0.5, 0.6) is 5.75 Å². The quantitative estimate of drug-likeness (QED) is 0.291. The van der Waals surface area contributed by atoms with Crippen LogP contribution in [0.1, 0.15) is 39.8 Å². The third kappa shape index (κ3) is 9.52. The molecule has 14 heteroatoms. The average molecular weight is 558 g/mol. The van der Waals surface area contributed by atoms with Crippen LogP contribution in [-0.2, 0) is 35.4 Å². The van der Waals surface area contributed by atoms with Crippen LogP contribution in [0, 0.1) is 5.92 Å². The first-order valence-corrected chi connectivity index (χ1v) is 14.1. The number of aromatic nitrogens is 2. The number of benzene rings is 1. The smallest absolute Gasteiger partial charge is 0.330 e. The van der Waals surface area contributed by atoms with Gasteiger partial charge in [-0.1, -0.05) is 32.0 Å². The van der Waals surface area contributed by atoms with Gasteiger partial charge in [-0.15, -0.1) is 0 Å². The second-order valence-corrected chi connectivity index (χ2v) is 11.3. The largest absolute Gasteiger partial charge is 0.481 e. The van der Waals surface area contributed by atoms with E-state index in [0.717, 1.165) is 0 Å². The molecule has 1 aromatic heterocycles. The second-order valence-electron chi connectivity index (χ2n) is 8.20. The number of hydrogen-bond acceptors (Lipinski definition) is 9. The number of aromatic amines is 1. The van der Waals surface area contributed by atoms with E-state index in [1.54, 1.807) is 38.1 Å². The molecule has 1 saturated heterocycles. The lowest BCUT2D eigenvalue weighted by Gasteiger charge is -2.27. The maximum atomic E-state index is 12.1. The van der Waals surface area contributed by atoms with Crippen molar-refractivity contribution >= 4 is 30.4 Å². The predicted molar refractivity (Wildman–Crippen MR) is 139 cm³/mol. The van der Waals surface area contributed by atoms with Gasteiger partial charge in [0.25, 0.3) is 5.56 Å². The van der Waals surface area contributed by atoms with Gasteiger partial charge >= 0.3 is 24.3 Å². The highest BCUT2D eigenvalue weighted by atomic mass is 32.5. The van der Waals surface area contributed by atoms with E-state index in [2.05, 4.69) is 10.1 Å². The van der Waals surface area contributed by atoms with Gasteiger partial charge in [-0.3, -0.25) is 23.9 Å². The van der Waals surface area contributed by atoms with E-state index in [1.165, 1.54) is 23.9 Å². The van der Waals surface area contributed by atoms with Gasteiger partial charge in [-0.2, -0.15) is 0 Å². The fourth-order valence-corrected chi connectivity index (χ4v) is 5.79. The number of aliphatic carboxylic acids is 1. The highest BCUT2D eigenvalue weighted by molar-refractivity contribution is 8.09. The number of para-hydroxylation sites is 1. The standard InChI is InChI=1S/C20H26N3O7PS.C3H6O2/c1-13-11-16(29-18(13)23-10-9-17(24)21-20(23)26)12-28-31(32,22-14(2)19(25)27-3)30-15-7-5-4-6-8-15;1-2-3(4)5/h4-10,13-14,16,18H,11-12H2,1-3H3,(H,22,32)(H,21,24,26);2H2,1H3,(H,4,5)/t13-,14?,16-,18+,31?;/m0./s1. The van der Waals surface area contributed by atoms with E-state index in [1.807, 2.05) is 13.0 Å². The fraction of sp³-hybridized carbons (Fsp3) is 0.478. The number of nitrogens with one attached hydrogen (secondary N) is 2. The molecule has 0 radical (unpaired) electrons. The minimum atomic E-state index is -3.16. The zero-order valence-corrected chi connectivity index (χ0v) is 22.7. The molecule has 1 aromatic carbocycles. The van der Waals surface area contributed by atoms with E-state index in [9.17, 15) is 19.2 Å². The first-order chi connectivity index (χ1) is 17.5. The highest BCUT2D eigenvalue weighted by Crippen LogP contribution is 2.46. The Hall–Kier alpha value is -2.83. The van der Waals surface area contributed by atoms with Gasteiger partial charge in [-0.05, 0) is 37.3 Å². The summed E-state index contributed by atoms with van der Waals surface area (Å²) in [6.45, 7) is 2.08. The van der Waals surface area contributed by atoms with Crippen LogP contribution in [0.2, 0.25) is 0 Å². The number of carbonyl (C=O) groups excluding carboxylic acids is 1. The Labute approximate surface area is 219 Å². The van der Waals surface area contributed by atoms with Crippen LogP contribution >= 0.6 is 6.64 Å². The molecule has 3 rings (SSSR count). The summed E-state index contributed by atoms with van der Waals surface area (Å²) in [6, 6.07) is 9.44. The van der Waals surface area contributed by atoms with Crippen molar-refractivity contribution in [1.29, 1.82) is 0 Å². The van der Waals surface area contributed by atoms with Crippen LogP contribution in [-0.4, -0.2) is 52.5 Å². The van der Waals surface area contributed by atoms with E-state index in [-0.39, 0.29) is 25.0 Å². The second kappa shape index (κ2) is 14.2. The first-order valence-electron chi connectivity index (χ1n) is 11.5. The van der Waals surface area contributed by atoms with Crippen LogP contribution in [0.4, 0.5) is 0 Å². The minimum absolute atomic E-state index is 0.0120. The van der Waals surface area contributed by atoms with Gasteiger partial charge in [0, 0.05) is 24.6 Å². The lowest BCUT2D eigenvalue weighted by molar-refractivity contribution is -0.142. The highest BCUT2D eigenvalue weighted by Gasteiger charge is 2.36. The SMILES string of the molecule is CCC(=O)O.COC(=O)C(C)NP(=S)(OC[C@@H]1C[C@H](C)[C@H](n2ccc(=O)[nH]c2=O)O1)Oc1ccccc1. The Morgan fingerprint density at radius 1 is 1.30 bits per heavy atom. The number of methoxy groups -OCH3 is 1. The minimum Gasteiger partial charge on any atom is -0.481 e. The molecule has 12 nitrogen and oxygen atoms in total. The summed E-state index contributed by atoms with van der Waals surface area (Å²) in [5.41, 5.74) is -1.01. The number of ether oxygens (including phenoxy) is 2. The summed E-state index contributed by atoms with van der Waals surface area (Å²) in [6.07, 6.45) is 1.31. The molecule has 5 atom stereocenters. The Bertz CT molecular complexity index is 1200. The summed E-state index contributed by atoms with van der Waals surface area (Å²) in [5.74, 6) is -0.756. The summed E-state index contributed by atoms with van der Waals surface area (Å²) in [4.78, 5) is 46.9. The summed E-state index contributed by atoms with van der Waals surface area (Å²) in [5, 5.41) is 10.7. The van der Waals surface area contributed by atoms with Crippen LogP contribution < -0.4 is 20.9 Å². The number of carbonyl (C=O) groups is 2. The Balaban J connectivity index is 0.000000877. The first kappa shape index (κ1) is 30.4. The number of nitrogens with zero attached hydrogens (tertiary/aromatic N) is 1. The molecule has 2 heterocycles. The van der Waals surface area contributed by atoms with E-state index < -0.39 is 42.1 Å². The molecule has 37 heavy (non-hydrogen) atoms. The van der Waals surface area contributed by atoms with Crippen molar-refractivity contribution in [3.05, 3.63) is 63.4 Å². The topological polar surface area (TPSA) is 158 Å². The number of hydrogen-bond donors (Lipinski definition) is 3. The monoisotopic (exact) mass is 557 g/mol. The van der Waals surface area contributed by atoms with Crippen molar-refractivity contribution in [1.82, 2.24) is 14.6 Å². The summed E-state index contributed by atoms with van der Waals surface area (Å²) in [7, 11) is 1.29. The van der Waals surface area contributed by atoms with Gasteiger partial charge in [0.2, 0.25) is 0 Å². The molecule has 1 aliphatic rings. The molecule has 1 fully saturated rings. The van der Waals surface area contributed by atoms with Crippen molar-refractivity contribution in [2.75, 3.05) is 13.7 Å². The van der Waals surface area contributed by atoms with E-state index in [4.69, 9.17) is 35.4 Å². The van der Waals surface area contributed by atoms with Gasteiger partial charge < -0.3 is 23.6 Å². The maximum Gasteiger partial charge on any atom is 0.330 e. The third-order valence-corrected chi connectivity index (χ3v) is 7.69. The lowest BCUT2D eigenvalue weighted by atomic mass is 10.1. The van der Waals surface area contributed by atoms with E-state index in [0.29, 0.717) is 12.2 Å². The van der Waals surface area contributed by atoms with Gasteiger partial charge in [0.1, 0.15) is 18.0 Å². The van der Waals surface area contributed by atoms with Crippen LogP contribution in [0.3, 0.4) is 0 Å². The Kier molecular flexibility index (Phi) is 11.7. The molecule has 2 unspecified atom stereocenters. The number of rotatable bonds is 10. The Morgan fingerprint density at radius 3 is 2.51 bits per heavy atom. The van der Waals surface area contributed by atoms with Crippen molar-refractivity contribution < 1.29 is 33.2 Å². The van der Waals surface area contributed by atoms with Gasteiger partial charge in [0.15, 0.2) is 0 Å². The number of carboxylic acid groups (broad SMARTS) is 1. The molecule has 0 bridgehead atoms. The van der Waals surface area contributed by atoms with Gasteiger partial charge in [0.05, 0.1) is 19.8 Å². The average Bonchev–Trinajstić information content (AvgIpc) is 3.23. The molecule has 0 amide bonds. The van der Waals surface area contributed by atoms with Crippen molar-refractivity contribution in [2.45, 2.75) is 52.0 Å². The Morgan fingerprint density at radius 2 is 1.95 bits per heavy atom. The molecule has 2 aromatic rings. The maximum absolute atomic E-state index is 12.1. The molecular weight excluding hydrogens is 525 g/mol. The molecule has 0 saturated carbocycles. The molecule has 0 aliphatic carbocycles. The molecule has 0 spiro atoms. The zero-order valence-electron chi connectivity index (χ0n) is 21.0. The fourth-order valence-electron chi connectivity index (χ4n) is 3.35. The molecule has 3 N–H and O–H groups in total. The van der Waals surface area contributed by atoms with E-state index >= 15 is 0 Å². The molecule has 204 valence electrons. The van der Waals surface area contributed by atoms with Crippen LogP contribution in [0.15, 0.2) is 52.2 Å². The summed E-state index contributed by atoms with van der Waals surface area (Å²) < 4.78 is 24.0. The zero-order chi connectivity index (χ0) is 27.6. The molecule has 1 aliphatic heterocycles. The van der Waals surface area contributed by atoms with Crippen LogP contribution in [0.25, 0.3) is 0 Å².